The molecular formula is C18H24ClN3O2. The van der Waals surface area contributed by atoms with E-state index in [1.54, 1.807) is 4.90 Å². The fourth-order valence-electron chi connectivity index (χ4n) is 3.53. The van der Waals surface area contributed by atoms with Gasteiger partial charge in [-0.3, -0.25) is 14.5 Å². The van der Waals surface area contributed by atoms with Crippen molar-refractivity contribution in [2.45, 2.75) is 19.4 Å². The smallest absolute Gasteiger partial charge is 0.225 e. The summed E-state index contributed by atoms with van der Waals surface area (Å²) in [6, 6.07) is 7.95. The molecule has 0 bridgehead atoms. The number of hydrogen-bond donors (Lipinski definition) is 0. The van der Waals surface area contributed by atoms with Crippen LogP contribution in [0.2, 0.25) is 5.02 Å². The third-order valence-corrected chi connectivity index (χ3v) is 5.24. The third kappa shape index (κ3) is 4.28. The van der Waals surface area contributed by atoms with Crippen LogP contribution in [0.15, 0.2) is 24.3 Å². The molecular weight excluding hydrogens is 326 g/mol. The lowest BCUT2D eigenvalue weighted by Crippen LogP contribution is -2.51. The van der Waals surface area contributed by atoms with E-state index in [1.165, 1.54) is 5.56 Å². The quantitative estimate of drug-likeness (QED) is 0.779. The zero-order valence-electron chi connectivity index (χ0n) is 13.9. The fourth-order valence-corrected chi connectivity index (χ4v) is 3.74. The van der Waals surface area contributed by atoms with Crippen molar-refractivity contribution in [1.82, 2.24) is 14.7 Å². The Labute approximate surface area is 148 Å². The minimum absolute atomic E-state index is 0.0840. The van der Waals surface area contributed by atoms with Crippen LogP contribution in [0.25, 0.3) is 0 Å². The topological polar surface area (TPSA) is 43.9 Å². The molecule has 1 aromatic rings. The maximum absolute atomic E-state index is 12.6. The molecule has 1 aromatic carbocycles. The maximum Gasteiger partial charge on any atom is 0.225 e. The Kier molecular flexibility index (Phi) is 5.74. The van der Waals surface area contributed by atoms with Crippen LogP contribution in [0.5, 0.6) is 0 Å². The number of piperazine rings is 1. The first-order valence-corrected chi connectivity index (χ1v) is 8.98. The lowest BCUT2D eigenvalue weighted by molar-refractivity contribution is -0.140. The van der Waals surface area contributed by atoms with Crippen LogP contribution in [0.1, 0.15) is 18.4 Å². The van der Waals surface area contributed by atoms with Crippen LogP contribution in [0, 0.1) is 5.92 Å². The number of likely N-dealkylation sites (tertiary alicyclic amines) is 1. The van der Waals surface area contributed by atoms with E-state index in [-0.39, 0.29) is 11.8 Å². The Balaban J connectivity index is 1.46. The molecule has 2 aliphatic heterocycles. The van der Waals surface area contributed by atoms with Gasteiger partial charge in [-0.15, -0.1) is 0 Å². The number of halogens is 1. The summed E-state index contributed by atoms with van der Waals surface area (Å²) < 4.78 is 0. The van der Waals surface area contributed by atoms with Gasteiger partial charge in [-0.05, 0) is 30.5 Å². The van der Waals surface area contributed by atoms with Crippen LogP contribution in [0.4, 0.5) is 0 Å². The Morgan fingerprint density at radius 3 is 2.46 bits per heavy atom. The van der Waals surface area contributed by atoms with Crippen molar-refractivity contribution in [2.24, 2.45) is 5.92 Å². The van der Waals surface area contributed by atoms with Crippen LogP contribution in [-0.4, -0.2) is 66.3 Å². The number of hydrogen-bond acceptors (Lipinski definition) is 3. The summed E-state index contributed by atoms with van der Waals surface area (Å²) in [4.78, 5) is 29.5. The van der Waals surface area contributed by atoms with Crippen molar-refractivity contribution in [2.75, 3.05) is 39.3 Å². The van der Waals surface area contributed by atoms with Crippen molar-refractivity contribution >= 4 is 23.9 Å². The largest absolute Gasteiger partial charge is 0.345 e. The Bertz CT molecular complexity index is 579. The summed E-state index contributed by atoms with van der Waals surface area (Å²) >= 11 is 6.04. The monoisotopic (exact) mass is 349 g/mol. The Morgan fingerprint density at radius 2 is 1.83 bits per heavy atom. The molecule has 0 unspecified atom stereocenters. The van der Waals surface area contributed by atoms with E-state index in [1.807, 2.05) is 23.1 Å². The van der Waals surface area contributed by atoms with Gasteiger partial charge in [-0.2, -0.15) is 0 Å². The molecule has 2 saturated heterocycles. The highest BCUT2D eigenvalue weighted by molar-refractivity contribution is 6.30. The summed E-state index contributed by atoms with van der Waals surface area (Å²) in [5.41, 5.74) is 1.21. The lowest BCUT2D eigenvalue weighted by atomic mass is 9.95. The standard InChI is InChI=1S/C18H24ClN3O2/c19-17-3-1-2-15(12-17)13-20-8-10-22(11-9-20)18(24)16-4-6-21(14-23)7-5-16/h1-3,12,14,16H,4-11,13H2. The molecule has 3 rings (SSSR count). The molecule has 0 spiro atoms. The SMILES string of the molecule is O=CN1CCC(C(=O)N2CCN(Cc3cccc(Cl)c3)CC2)CC1. The van der Waals surface area contributed by atoms with Crippen LogP contribution >= 0.6 is 11.6 Å². The Morgan fingerprint density at radius 1 is 1.12 bits per heavy atom. The predicted octanol–water partition coefficient (Wildman–Crippen LogP) is 1.85. The summed E-state index contributed by atoms with van der Waals surface area (Å²) in [7, 11) is 0. The molecule has 0 saturated carbocycles. The molecule has 2 fully saturated rings. The molecule has 130 valence electrons. The van der Waals surface area contributed by atoms with E-state index in [9.17, 15) is 9.59 Å². The van der Waals surface area contributed by atoms with E-state index in [0.29, 0.717) is 13.1 Å². The third-order valence-electron chi connectivity index (χ3n) is 5.01. The molecule has 0 atom stereocenters. The first-order chi connectivity index (χ1) is 11.7. The van der Waals surface area contributed by atoms with Gasteiger partial charge in [-0.25, -0.2) is 0 Å². The molecule has 2 aliphatic rings. The zero-order chi connectivity index (χ0) is 16.9. The van der Waals surface area contributed by atoms with Gasteiger partial charge >= 0.3 is 0 Å². The average Bonchev–Trinajstić information content (AvgIpc) is 2.62. The van der Waals surface area contributed by atoms with Crippen molar-refractivity contribution < 1.29 is 9.59 Å². The van der Waals surface area contributed by atoms with Crippen molar-refractivity contribution in [3.63, 3.8) is 0 Å². The number of nitrogens with zero attached hydrogens (tertiary/aromatic N) is 3. The van der Waals surface area contributed by atoms with Gasteiger partial charge in [0.2, 0.25) is 12.3 Å². The van der Waals surface area contributed by atoms with Gasteiger partial charge in [0.15, 0.2) is 0 Å². The maximum atomic E-state index is 12.6. The summed E-state index contributed by atoms with van der Waals surface area (Å²) in [6.07, 6.45) is 2.47. The molecule has 5 nitrogen and oxygen atoms in total. The molecule has 2 heterocycles. The first kappa shape index (κ1) is 17.2. The van der Waals surface area contributed by atoms with E-state index < -0.39 is 0 Å². The van der Waals surface area contributed by atoms with E-state index in [2.05, 4.69) is 11.0 Å². The number of piperidine rings is 1. The molecule has 2 amide bonds. The van der Waals surface area contributed by atoms with E-state index in [0.717, 1.165) is 57.0 Å². The van der Waals surface area contributed by atoms with Crippen LogP contribution in [0.3, 0.4) is 0 Å². The lowest BCUT2D eigenvalue weighted by Gasteiger charge is -2.38. The first-order valence-electron chi connectivity index (χ1n) is 8.60. The summed E-state index contributed by atoms with van der Waals surface area (Å²) in [5.74, 6) is 0.351. The van der Waals surface area contributed by atoms with Crippen molar-refractivity contribution in [3.8, 4) is 0 Å². The molecule has 0 N–H and O–H groups in total. The van der Waals surface area contributed by atoms with Gasteiger partial charge in [0.1, 0.15) is 0 Å². The minimum atomic E-state index is 0.0840. The number of carbonyl (C=O) groups is 2. The predicted molar refractivity (Wildman–Crippen MR) is 93.7 cm³/mol. The second kappa shape index (κ2) is 7.99. The molecule has 0 aliphatic carbocycles. The second-order valence-corrected chi connectivity index (χ2v) is 7.08. The number of rotatable bonds is 4. The fraction of sp³-hybridized carbons (Fsp3) is 0.556. The highest BCUT2D eigenvalue weighted by atomic mass is 35.5. The average molecular weight is 350 g/mol. The van der Waals surface area contributed by atoms with Gasteiger partial charge in [0.05, 0.1) is 0 Å². The molecule has 24 heavy (non-hydrogen) atoms. The van der Waals surface area contributed by atoms with Gasteiger partial charge in [-0.1, -0.05) is 23.7 Å². The summed E-state index contributed by atoms with van der Waals surface area (Å²) in [5, 5.41) is 0.767. The zero-order valence-corrected chi connectivity index (χ0v) is 14.6. The van der Waals surface area contributed by atoms with Crippen molar-refractivity contribution in [3.05, 3.63) is 34.9 Å². The van der Waals surface area contributed by atoms with Gasteiger partial charge in [0.25, 0.3) is 0 Å². The number of carbonyl (C=O) groups excluding carboxylic acids is 2. The normalized spacial score (nSPS) is 20.2. The summed E-state index contributed by atoms with van der Waals surface area (Å²) in [6.45, 7) is 5.64. The van der Waals surface area contributed by atoms with Crippen LogP contribution in [-0.2, 0) is 16.1 Å². The molecule has 0 radical (unpaired) electrons. The van der Waals surface area contributed by atoms with Gasteiger partial charge < -0.3 is 9.80 Å². The Hall–Kier alpha value is -1.59. The van der Waals surface area contributed by atoms with Crippen LogP contribution < -0.4 is 0 Å². The highest BCUT2D eigenvalue weighted by Crippen LogP contribution is 2.20. The number of amides is 2. The van der Waals surface area contributed by atoms with E-state index >= 15 is 0 Å². The van der Waals surface area contributed by atoms with E-state index in [4.69, 9.17) is 11.6 Å². The minimum Gasteiger partial charge on any atom is -0.345 e. The highest BCUT2D eigenvalue weighted by Gasteiger charge is 2.30. The number of benzene rings is 1. The molecule has 6 heteroatoms. The van der Waals surface area contributed by atoms with Gasteiger partial charge in [0, 0.05) is 56.8 Å². The molecule has 0 aromatic heterocycles. The van der Waals surface area contributed by atoms with Crippen molar-refractivity contribution in [1.29, 1.82) is 0 Å². The second-order valence-electron chi connectivity index (χ2n) is 6.65.